The topological polar surface area (TPSA) is 12.0 Å². The fourth-order valence-electron chi connectivity index (χ4n) is 1.74. The van der Waals surface area contributed by atoms with Gasteiger partial charge in [0.05, 0.1) is 0 Å². The molecule has 16 heavy (non-hydrogen) atoms. The van der Waals surface area contributed by atoms with Crippen LogP contribution < -0.4 is 5.32 Å². The van der Waals surface area contributed by atoms with Crippen LogP contribution in [0.4, 0.5) is 0 Å². The third-order valence-electron chi connectivity index (χ3n) is 3.40. The van der Waals surface area contributed by atoms with E-state index in [1.807, 2.05) is 11.3 Å². The standard InChI is InChI=1S/C14H25NS/c1-6-15-12(13-8-7-9-16-13)10-11(2)14(3,4)5/h7-9,11-12,15H,6,10H2,1-5H3. The third kappa shape index (κ3) is 3.91. The maximum absolute atomic E-state index is 3.60. The molecular formula is C14H25NS. The molecule has 0 bridgehead atoms. The van der Waals surface area contributed by atoms with Gasteiger partial charge in [-0.3, -0.25) is 0 Å². The summed E-state index contributed by atoms with van der Waals surface area (Å²) < 4.78 is 0. The van der Waals surface area contributed by atoms with Gasteiger partial charge >= 0.3 is 0 Å². The molecule has 0 saturated heterocycles. The van der Waals surface area contributed by atoms with Crippen LogP contribution in [0.15, 0.2) is 17.5 Å². The summed E-state index contributed by atoms with van der Waals surface area (Å²) in [5.74, 6) is 0.721. The highest BCUT2D eigenvalue weighted by atomic mass is 32.1. The first-order valence-corrected chi connectivity index (χ1v) is 7.10. The largest absolute Gasteiger partial charge is 0.310 e. The summed E-state index contributed by atoms with van der Waals surface area (Å²) in [5.41, 5.74) is 0.394. The van der Waals surface area contributed by atoms with Gasteiger partial charge in [-0.15, -0.1) is 11.3 Å². The second-order valence-electron chi connectivity index (χ2n) is 5.63. The molecule has 0 amide bonds. The number of hydrogen-bond donors (Lipinski definition) is 1. The van der Waals surface area contributed by atoms with Crippen LogP contribution in [0.1, 0.15) is 52.0 Å². The van der Waals surface area contributed by atoms with Gasteiger partial charge < -0.3 is 5.32 Å². The molecule has 2 atom stereocenters. The van der Waals surface area contributed by atoms with Crippen LogP contribution in [-0.2, 0) is 0 Å². The van der Waals surface area contributed by atoms with E-state index in [0.29, 0.717) is 11.5 Å². The fourth-order valence-corrected chi connectivity index (χ4v) is 2.56. The zero-order valence-corrected chi connectivity index (χ0v) is 12.0. The van der Waals surface area contributed by atoms with Gasteiger partial charge in [0, 0.05) is 10.9 Å². The van der Waals surface area contributed by atoms with E-state index in [4.69, 9.17) is 0 Å². The van der Waals surface area contributed by atoms with Gasteiger partial charge in [0.2, 0.25) is 0 Å². The summed E-state index contributed by atoms with van der Waals surface area (Å²) in [6.45, 7) is 12.6. The van der Waals surface area contributed by atoms with Crippen molar-refractivity contribution in [1.29, 1.82) is 0 Å². The van der Waals surface area contributed by atoms with Crippen molar-refractivity contribution in [2.24, 2.45) is 11.3 Å². The van der Waals surface area contributed by atoms with Crippen LogP contribution >= 0.6 is 11.3 Å². The molecule has 92 valence electrons. The lowest BCUT2D eigenvalue weighted by molar-refractivity contribution is 0.225. The Morgan fingerprint density at radius 2 is 2.06 bits per heavy atom. The summed E-state index contributed by atoms with van der Waals surface area (Å²) in [6.07, 6.45) is 1.22. The van der Waals surface area contributed by atoms with Crippen molar-refractivity contribution < 1.29 is 0 Å². The minimum Gasteiger partial charge on any atom is -0.310 e. The first kappa shape index (κ1) is 13.7. The predicted octanol–water partition coefficient (Wildman–Crippen LogP) is 4.47. The lowest BCUT2D eigenvalue weighted by atomic mass is 9.78. The number of nitrogens with one attached hydrogen (secondary N) is 1. The van der Waals surface area contributed by atoms with Crippen LogP contribution in [0, 0.1) is 11.3 Å². The Balaban J connectivity index is 2.66. The Morgan fingerprint density at radius 3 is 2.50 bits per heavy atom. The van der Waals surface area contributed by atoms with Crippen LogP contribution in [0.5, 0.6) is 0 Å². The minimum atomic E-state index is 0.394. The molecule has 2 unspecified atom stereocenters. The van der Waals surface area contributed by atoms with Crippen molar-refractivity contribution >= 4 is 11.3 Å². The van der Waals surface area contributed by atoms with Gasteiger partial charge in [-0.2, -0.15) is 0 Å². The normalized spacial score (nSPS) is 16.1. The first-order valence-electron chi connectivity index (χ1n) is 6.22. The molecule has 0 aliphatic heterocycles. The average molecular weight is 239 g/mol. The maximum atomic E-state index is 3.60. The van der Waals surface area contributed by atoms with Crippen molar-refractivity contribution in [3.05, 3.63) is 22.4 Å². The molecule has 0 aliphatic carbocycles. The van der Waals surface area contributed by atoms with E-state index < -0.39 is 0 Å². The smallest absolute Gasteiger partial charge is 0.0417 e. The lowest BCUT2D eigenvalue weighted by Gasteiger charge is -2.30. The molecule has 1 heterocycles. The second kappa shape index (κ2) is 5.83. The molecule has 0 aromatic carbocycles. The highest BCUT2D eigenvalue weighted by Gasteiger charge is 2.24. The molecule has 0 fully saturated rings. The SMILES string of the molecule is CCNC(CC(C)C(C)(C)C)c1cccs1. The van der Waals surface area contributed by atoms with Crippen molar-refractivity contribution in [2.75, 3.05) is 6.54 Å². The summed E-state index contributed by atoms with van der Waals surface area (Å²) in [6, 6.07) is 4.92. The lowest BCUT2D eigenvalue weighted by Crippen LogP contribution is -2.26. The Bertz CT molecular complexity index is 284. The molecule has 0 spiro atoms. The molecule has 2 heteroatoms. The van der Waals surface area contributed by atoms with Gasteiger partial charge in [-0.25, -0.2) is 0 Å². The summed E-state index contributed by atoms with van der Waals surface area (Å²) >= 11 is 1.86. The number of rotatable bonds is 5. The number of hydrogen-bond acceptors (Lipinski definition) is 2. The van der Waals surface area contributed by atoms with Gasteiger partial charge in [-0.05, 0) is 35.7 Å². The average Bonchev–Trinajstić information content (AvgIpc) is 2.68. The quantitative estimate of drug-likeness (QED) is 0.799. The van der Waals surface area contributed by atoms with Crippen LogP contribution in [0.2, 0.25) is 0 Å². The van der Waals surface area contributed by atoms with Gasteiger partial charge in [0.15, 0.2) is 0 Å². The molecule has 1 N–H and O–H groups in total. The number of thiophene rings is 1. The van der Waals surface area contributed by atoms with Crippen molar-refractivity contribution in [1.82, 2.24) is 5.32 Å². The summed E-state index contributed by atoms with van der Waals surface area (Å²) in [7, 11) is 0. The first-order chi connectivity index (χ1) is 7.45. The van der Waals surface area contributed by atoms with Crippen molar-refractivity contribution in [2.45, 2.75) is 47.1 Å². The van der Waals surface area contributed by atoms with Gasteiger partial charge in [0.25, 0.3) is 0 Å². The zero-order chi connectivity index (χ0) is 12.2. The molecule has 0 radical (unpaired) electrons. The molecule has 1 aromatic rings. The van der Waals surface area contributed by atoms with E-state index in [0.717, 1.165) is 12.5 Å². The van der Waals surface area contributed by atoms with Crippen molar-refractivity contribution in [3.63, 3.8) is 0 Å². The highest BCUT2D eigenvalue weighted by molar-refractivity contribution is 7.10. The van der Waals surface area contributed by atoms with Gasteiger partial charge in [-0.1, -0.05) is 40.7 Å². The Hall–Kier alpha value is -0.340. The fraction of sp³-hybridized carbons (Fsp3) is 0.714. The molecule has 1 nitrogen and oxygen atoms in total. The van der Waals surface area contributed by atoms with E-state index in [9.17, 15) is 0 Å². The third-order valence-corrected chi connectivity index (χ3v) is 4.39. The highest BCUT2D eigenvalue weighted by Crippen LogP contribution is 2.34. The summed E-state index contributed by atoms with van der Waals surface area (Å²) in [4.78, 5) is 1.47. The van der Waals surface area contributed by atoms with E-state index in [-0.39, 0.29) is 0 Å². The van der Waals surface area contributed by atoms with E-state index >= 15 is 0 Å². The summed E-state index contributed by atoms with van der Waals surface area (Å²) in [5, 5.41) is 5.77. The Labute approximate surface area is 104 Å². The minimum absolute atomic E-state index is 0.394. The Kier molecular flexibility index (Phi) is 5.00. The van der Waals surface area contributed by atoms with E-state index in [1.165, 1.54) is 11.3 Å². The van der Waals surface area contributed by atoms with Crippen molar-refractivity contribution in [3.8, 4) is 0 Å². The van der Waals surface area contributed by atoms with Gasteiger partial charge in [0.1, 0.15) is 0 Å². The van der Waals surface area contributed by atoms with Crippen LogP contribution in [0.3, 0.4) is 0 Å². The molecule has 0 saturated carbocycles. The van der Waals surface area contributed by atoms with Crippen LogP contribution in [-0.4, -0.2) is 6.54 Å². The van der Waals surface area contributed by atoms with Crippen LogP contribution in [0.25, 0.3) is 0 Å². The molecular weight excluding hydrogens is 214 g/mol. The van der Waals surface area contributed by atoms with E-state index in [1.54, 1.807) is 0 Å². The monoisotopic (exact) mass is 239 g/mol. The molecule has 1 rings (SSSR count). The second-order valence-corrected chi connectivity index (χ2v) is 6.61. The van der Waals surface area contributed by atoms with E-state index in [2.05, 4.69) is 57.4 Å². The Morgan fingerprint density at radius 1 is 1.38 bits per heavy atom. The molecule has 0 aliphatic rings. The maximum Gasteiger partial charge on any atom is 0.0417 e. The predicted molar refractivity (Wildman–Crippen MR) is 74.0 cm³/mol. The zero-order valence-electron chi connectivity index (χ0n) is 11.2. The molecule has 1 aromatic heterocycles.